The average Bonchev–Trinajstić information content (AvgIpc) is 2.94. The second-order valence-corrected chi connectivity index (χ2v) is 7.65. The highest BCUT2D eigenvalue weighted by atomic mass is 16.5. The van der Waals surface area contributed by atoms with Crippen molar-refractivity contribution in [3.8, 4) is 5.75 Å². The van der Waals surface area contributed by atoms with Crippen LogP contribution >= 0.6 is 0 Å². The zero-order valence-electron chi connectivity index (χ0n) is 17.9. The first-order valence-corrected chi connectivity index (χ1v) is 10.9. The first-order chi connectivity index (χ1) is 13.6. The molecule has 0 radical (unpaired) electrons. The van der Waals surface area contributed by atoms with Crippen LogP contribution in [0.4, 0.5) is 0 Å². The molecule has 0 saturated carbocycles. The Hall–Kier alpha value is -2.10. The molecule has 0 fully saturated rings. The Morgan fingerprint density at radius 3 is 2.04 bits per heavy atom. The van der Waals surface area contributed by atoms with Crippen molar-refractivity contribution in [3.05, 3.63) is 35.5 Å². The molecule has 0 aliphatic carbocycles. The maximum atomic E-state index is 12.0. The molecule has 2 rings (SSSR count). The number of unbranched alkanes of at least 4 members (excludes halogenated alkanes) is 9. The number of benzene rings is 1. The van der Waals surface area contributed by atoms with E-state index in [2.05, 4.69) is 11.9 Å². The van der Waals surface area contributed by atoms with E-state index in [0.29, 0.717) is 5.70 Å². The minimum absolute atomic E-state index is 0.0567. The van der Waals surface area contributed by atoms with Crippen LogP contribution in [0.2, 0.25) is 0 Å². The van der Waals surface area contributed by atoms with E-state index >= 15 is 0 Å². The Bertz CT molecular complexity index is 662. The van der Waals surface area contributed by atoms with Gasteiger partial charge in [0.15, 0.2) is 0 Å². The van der Waals surface area contributed by atoms with Gasteiger partial charge in [-0.2, -0.15) is 0 Å². The Morgan fingerprint density at radius 1 is 0.929 bits per heavy atom. The highest BCUT2D eigenvalue weighted by Gasteiger charge is 2.23. The number of likely N-dealkylation sites (N-methyl/N-ethyl adjacent to an activating group) is 1. The lowest BCUT2D eigenvalue weighted by Crippen LogP contribution is -2.25. The van der Waals surface area contributed by atoms with Gasteiger partial charge in [0, 0.05) is 7.05 Å². The normalized spacial score (nSPS) is 15.4. The number of hydrogen-bond acceptors (Lipinski definition) is 3. The molecule has 1 heterocycles. The second kappa shape index (κ2) is 12.4. The molecule has 0 saturated heterocycles. The Labute approximate surface area is 170 Å². The number of carbonyl (C=O) groups is 1. The summed E-state index contributed by atoms with van der Waals surface area (Å²) in [5.41, 5.74) is 1.44. The lowest BCUT2D eigenvalue weighted by atomic mass is 10.1. The van der Waals surface area contributed by atoms with Crippen molar-refractivity contribution in [3.63, 3.8) is 0 Å². The fourth-order valence-corrected chi connectivity index (χ4v) is 3.31. The summed E-state index contributed by atoms with van der Waals surface area (Å²) in [6, 6.07) is 7.86. The first-order valence-electron chi connectivity index (χ1n) is 10.9. The van der Waals surface area contributed by atoms with Crippen molar-refractivity contribution in [2.45, 2.75) is 78.1 Å². The molecule has 1 aliphatic heterocycles. The van der Waals surface area contributed by atoms with E-state index in [9.17, 15) is 4.79 Å². The summed E-state index contributed by atoms with van der Waals surface area (Å²) < 4.78 is 5.83. The van der Waals surface area contributed by atoms with Crippen LogP contribution in [0, 0.1) is 0 Å². The van der Waals surface area contributed by atoms with Crippen molar-refractivity contribution >= 4 is 17.8 Å². The minimum Gasteiger partial charge on any atom is -0.494 e. The number of rotatable bonds is 13. The zero-order valence-corrected chi connectivity index (χ0v) is 17.9. The van der Waals surface area contributed by atoms with Gasteiger partial charge in [-0.15, -0.1) is 0 Å². The predicted octanol–water partition coefficient (Wildman–Crippen LogP) is 6.22. The van der Waals surface area contributed by atoms with Crippen molar-refractivity contribution in [1.29, 1.82) is 0 Å². The Morgan fingerprint density at radius 2 is 1.50 bits per heavy atom. The van der Waals surface area contributed by atoms with Crippen molar-refractivity contribution in [2.75, 3.05) is 13.7 Å². The molecule has 4 nitrogen and oxygen atoms in total. The summed E-state index contributed by atoms with van der Waals surface area (Å²) in [6.45, 7) is 4.87. The SMILES string of the molecule is CCCCCCCCCCCCOc1ccc(/C=C2\N=C(C)N(C)C2=O)cc1. The second-order valence-electron chi connectivity index (χ2n) is 7.65. The van der Waals surface area contributed by atoms with Crippen LogP contribution in [0.5, 0.6) is 5.75 Å². The van der Waals surface area contributed by atoms with Gasteiger partial charge in [-0.25, -0.2) is 4.99 Å². The summed E-state index contributed by atoms with van der Waals surface area (Å²) >= 11 is 0. The van der Waals surface area contributed by atoms with E-state index in [1.165, 1.54) is 57.8 Å². The molecule has 28 heavy (non-hydrogen) atoms. The van der Waals surface area contributed by atoms with Gasteiger partial charge in [-0.3, -0.25) is 9.69 Å². The van der Waals surface area contributed by atoms with Gasteiger partial charge < -0.3 is 4.74 Å². The molecule has 154 valence electrons. The molecule has 0 aromatic heterocycles. The van der Waals surface area contributed by atoms with Crippen LogP contribution in [0.25, 0.3) is 6.08 Å². The molecule has 0 bridgehead atoms. The molecular formula is C24H36N2O2. The molecule has 0 spiro atoms. The van der Waals surface area contributed by atoms with Crippen molar-refractivity contribution < 1.29 is 9.53 Å². The monoisotopic (exact) mass is 384 g/mol. The van der Waals surface area contributed by atoms with Crippen molar-refractivity contribution in [2.24, 2.45) is 4.99 Å². The third-order valence-corrected chi connectivity index (χ3v) is 5.24. The predicted molar refractivity (Wildman–Crippen MR) is 118 cm³/mol. The van der Waals surface area contributed by atoms with Crippen LogP contribution < -0.4 is 4.74 Å². The van der Waals surface area contributed by atoms with Crippen LogP contribution in [-0.4, -0.2) is 30.3 Å². The van der Waals surface area contributed by atoms with Gasteiger partial charge in [0.25, 0.3) is 5.91 Å². The number of aliphatic imine (C=N–C) groups is 1. The topological polar surface area (TPSA) is 41.9 Å². The molecule has 0 atom stereocenters. The summed E-state index contributed by atoms with van der Waals surface area (Å²) in [5, 5.41) is 0. The van der Waals surface area contributed by atoms with Gasteiger partial charge in [0.05, 0.1) is 6.61 Å². The number of nitrogens with zero attached hydrogens (tertiary/aromatic N) is 2. The number of ether oxygens (including phenoxy) is 1. The molecular weight excluding hydrogens is 348 g/mol. The highest BCUT2D eigenvalue weighted by molar-refractivity contribution is 6.13. The maximum Gasteiger partial charge on any atom is 0.277 e. The summed E-state index contributed by atoms with van der Waals surface area (Å²) in [5.74, 6) is 1.55. The number of carbonyl (C=O) groups excluding carboxylic acids is 1. The van der Waals surface area contributed by atoms with E-state index in [1.807, 2.05) is 37.3 Å². The van der Waals surface area contributed by atoms with Crippen LogP contribution in [0.3, 0.4) is 0 Å². The molecule has 1 aromatic carbocycles. The van der Waals surface area contributed by atoms with Gasteiger partial charge >= 0.3 is 0 Å². The van der Waals surface area contributed by atoms with Gasteiger partial charge in [0.2, 0.25) is 0 Å². The average molecular weight is 385 g/mol. The van der Waals surface area contributed by atoms with E-state index in [1.54, 1.807) is 11.9 Å². The molecule has 4 heteroatoms. The van der Waals surface area contributed by atoms with Crippen LogP contribution in [0.1, 0.15) is 83.6 Å². The smallest absolute Gasteiger partial charge is 0.277 e. The van der Waals surface area contributed by atoms with E-state index in [4.69, 9.17) is 4.74 Å². The largest absolute Gasteiger partial charge is 0.494 e. The van der Waals surface area contributed by atoms with E-state index in [0.717, 1.165) is 30.2 Å². The molecule has 1 aromatic rings. The molecule has 1 amide bonds. The van der Waals surface area contributed by atoms with Crippen LogP contribution in [0.15, 0.2) is 35.0 Å². The number of amidine groups is 1. The zero-order chi connectivity index (χ0) is 20.2. The van der Waals surface area contributed by atoms with Gasteiger partial charge in [-0.05, 0) is 37.1 Å². The summed E-state index contributed by atoms with van der Waals surface area (Å²) in [7, 11) is 1.74. The fourth-order valence-electron chi connectivity index (χ4n) is 3.31. The van der Waals surface area contributed by atoms with Crippen molar-refractivity contribution in [1.82, 2.24) is 4.90 Å². The third kappa shape index (κ3) is 7.49. The van der Waals surface area contributed by atoms with E-state index in [-0.39, 0.29) is 5.91 Å². The quantitative estimate of drug-likeness (QED) is 0.299. The molecule has 0 N–H and O–H groups in total. The lowest BCUT2D eigenvalue weighted by Gasteiger charge is -2.07. The van der Waals surface area contributed by atoms with Gasteiger partial charge in [0.1, 0.15) is 17.3 Å². The standard InChI is InChI=1S/C24H36N2O2/c1-4-5-6-7-8-9-10-11-12-13-18-28-22-16-14-21(15-17-22)19-23-24(27)26(3)20(2)25-23/h14-17,19H,4-13,18H2,1-3H3/b23-19-. The Kier molecular flexibility index (Phi) is 9.81. The molecule has 1 aliphatic rings. The number of amides is 1. The van der Waals surface area contributed by atoms with Gasteiger partial charge in [-0.1, -0.05) is 76.8 Å². The Balaban J connectivity index is 1.59. The van der Waals surface area contributed by atoms with E-state index < -0.39 is 0 Å². The highest BCUT2D eigenvalue weighted by Crippen LogP contribution is 2.19. The fraction of sp³-hybridized carbons (Fsp3) is 0.583. The third-order valence-electron chi connectivity index (χ3n) is 5.24. The number of hydrogen-bond donors (Lipinski definition) is 0. The summed E-state index contributed by atoms with van der Waals surface area (Å²) in [6.07, 6.45) is 15.1. The first kappa shape index (κ1) is 22.2. The molecule has 0 unspecified atom stereocenters. The minimum atomic E-state index is -0.0567. The van der Waals surface area contributed by atoms with Crippen LogP contribution in [-0.2, 0) is 4.79 Å². The lowest BCUT2D eigenvalue weighted by molar-refractivity contribution is -0.121. The summed E-state index contributed by atoms with van der Waals surface area (Å²) in [4.78, 5) is 17.9. The maximum absolute atomic E-state index is 12.0.